The number of rotatable bonds is 5. The van der Waals surface area contributed by atoms with Crippen molar-refractivity contribution < 1.29 is 9.53 Å². The lowest BCUT2D eigenvalue weighted by molar-refractivity contribution is -0.123. The zero-order valence-corrected chi connectivity index (χ0v) is 11.9. The molecule has 0 bridgehead atoms. The average molecular weight is 261 g/mol. The lowest BCUT2D eigenvalue weighted by Gasteiger charge is -2.19. The fraction of sp³-hybridized carbons (Fsp3) is 0.562. The Balaban J connectivity index is 1.91. The highest BCUT2D eigenvalue weighted by Crippen LogP contribution is 2.29. The quantitative estimate of drug-likeness (QED) is 0.885. The van der Waals surface area contributed by atoms with Crippen LogP contribution in [0.1, 0.15) is 37.8 Å². The average Bonchev–Trinajstić information content (AvgIpc) is 2.42. The summed E-state index contributed by atoms with van der Waals surface area (Å²) < 4.78 is 5.69. The predicted molar refractivity (Wildman–Crippen MR) is 76.4 cm³/mol. The zero-order valence-electron chi connectivity index (χ0n) is 11.9. The maximum absolute atomic E-state index is 11.7. The van der Waals surface area contributed by atoms with E-state index in [1.54, 1.807) is 0 Å². The second kappa shape index (κ2) is 6.60. The molecule has 1 amide bonds. The number of carbonyl (C=O) groups excluding carboxylic acids is 1. The minimum atomic E-state index is -0.0397. The Bertz CT molecular complexity index is 440. The van der Waals surface area contributed by atoms with Gasteiger partial charge in [-0.2, -0.15) is 0 Å². The molecule has 2 rings (SSSR count). The van der Waals surface area contributed by atoms with Gasteiger partial charge in [0.05, 0.1) is 0 Å². The lowest BCUT2D eigenvalue weighted by Crippen LogP contribution is -2.31. The molecule has 0 unspecified atom stereocenters. The van der Waals surface area contributed by atoms with E-state index < -0.39 is 0 Å². The molecule has 0 aromatic heterocycles. The van der Waals surface area contributed by atoms with Gasteiger partial charge in [-0.25, -0.2) is 0 Å². The van der Waals surface area contributed by atoms with Gasteiger partial charge in [0.1, 0.15) is 5.75 Å². The molecule has 3 nitrogen and oxygen atoms in total. The van der Waals surface area contributed by atoms with Gasteiger partial charge >= 0.3 is 0 Å². The fourth-order valence-electron chi connectivity index (χ4n) is 2.39. The van der Waals surface area contributed by atoms with Gasteiger partial charge < -0.3 is 10.1 Å². The number of aryl methyl sites for hydroxylation is 1. The van der Waals surface area contributed by atoms with Gasteiger partial charge in [0.15, 0.2) is 6.61 Å². The number of hydrogen-bond donors (Lipinski definition) is 1. The highest BCUT2D eigenvalue weighted by atomic mass is 16.5. The van der Waals surface area contributed by atoms with Gasteiger partial charge in [-0.3, -0.25) is 4.79 Å². The highest BCUT2D eigenvalue weighted by Gasteiger charge is 2.14. The van der Waals surface area contributed by atoms with Crippen LogP contribution in [0, 0.1) is 5.92 Å². The third-order valence-corrected chi connectivity index (χ3v) is 3.42. The molecule has 0 fully saturated rings. The molecule has 0 spiro atoms. The molecule has 1 aliphatic carbocycles. The Labute approximate surface area is 115 Å². The molecule has 0 saturated heterocycles. The monoisotopic (exact) mass is 261 g/mol. The molecule has 104 valence electrons. The summed E-state index contributed by atoms with van der Waals surface area (Å²) >= 11 is 0. The Hall–Kier alpha value is -1.51. The standard InChI is InChI=1S/C16H23NO2/c1-12(2)10-17-16(18)11-19-15-9-5-7-13-6-3-4-8-14(13)15/h5,7,9,12H,3-4,6,8,10-11H2,1-2H3,(H,17,18). The molecule has 0 heterocycles. The lowest BCUT2D eigenvalue weighted by atomic mass is 9.91. The maximum Gasteiger partial charge on any atom is 0.257 e. The minimum absolute atomic E-state index is 0.0397. The molecule has 19 heavy (non-hydrogen) atoms. The van der Waals surface area contributed by atoms with E-state index in [0.717, 1.165) is 18.6 Å². The Morgan fingerprint density at radius 2 is 2.11 bits per heavy atom. The van der Waals surface area contributed by atoms with Gasteiger partial charge in [-0.05, 0) is 48.8 Å². The van der Waals surface area contributed by atoms with Crippen molar-refractivity contribution in [2.24, 2.45) is 5.92 Å². The summed E-state index contributed by atoms with van der Waals surface area (Å²) in [6, 6.07) is 6.16. The van der Waals surface area contributed by atoms with Crippen molar-refractivity contribution in [1.82, 2.24) is 5.32 Å². The van der Waals surface area contributed by atoms with Crippen LogP contribution in [0.4, 0.5) is 0 Å². The SMILES string of the molecule is CC(C)CNC(=O)COc1cccc2c1CCCC2. The molecular weight excluding hydrogens is 238 g/mol. The molecule has 0 saturated carbocycles. The number of carbonyl (C=O) groups is 1. The smallest absolute Gasteiger partial charge is 0.257 e. The number of ether oxygens (including phenoxy) is 1. The van der Waals surface area contributed by atoms with Crippen LogP contribution in [0.2, 0.25) is 0 Å². The van der Waals surface area contributed by atoms with Crippen molar-refractivity contribution in [3.63, 3.8) is 0 Å². The van der Waals surface area contributed by atoms with Crippen LogP contribution >= 0.6 is 0 Å². The van der Waals surface area contributed by atoms with E-state index in [9.17, 15) is 4.79 Å². The molecular formula is C16H23NO2. The summed E-state index contributed by atoms with van der Waals surface area (Å²) in [4.78, 5) is 11.7. The summed E-state index contributed by atoms with van der Waals surface area (Å²) in [6.07, 6.45) is 4.67. The first-order valence-electron chi connectivity index (χ1n) is 7.17. The summed E-state index contributed by atoms with van der Waals surface area (Å²) in [5.41, 5.74) is 2.68. The van der Waals surface area contributed by atoms with Gasteiger partial charge in [0.25, 0.3) is 5.91 Å². The maximum atomic E-state index is 11.7. The van der Waals surface area contributed by atoms with Crippen LogP contribution in [0.25, 0.3) is 0 Å². The topological polar surface area (TPSA) is 38.3 Å². The predicted octanol–water partition coefficient (Wildman–Crippen LogP) is 2.72. The summed E-state index contributed by atoms with van der Waals surface area (Å²) in [5, 5.41) is 2.87. The van der Waals surface area contributed by atoms with Crippen LogP contribution in [0.15, 0.2) is 18.2 Å². The molecule has 3 heteroatoms. The summed E-state index contributed by atoms with van der Waals surface area (Å²) in [5.74, 6) is 1.31. The molecule has 0 aliphatic heterocycles. The van der Waals surface area contributed by atoms with Crippen molar-refractivity contribution in [1.29, 1.82) is 0 Å². The number of fused-ring (bicyclic) bond motifs is 1. The van der Waals surface area contributed by atoms with Gasteiger partial charge in [0.2, 0.25) is 0 Å². The van der Waals surface area contributed by atoms with E-state index in [4.69, 9.17) is 4.74 Å². The number of amides is 1. The summed E-state index contributed by atoms with van der Waals surface area (Å²) in [7, 11) is 0. The summed E-state index contributed by atoms with van der Waals surface area (Å²) in [6.45, 7) is 4.97. The first-order chi connectivity index (χ1) is 9.16. The number of benzene rings is 1. The van der Waals surface area contributed by atoms with Crippen molar-refractivity contribution in [3.05, 3.63) is 29.3 Å². The van der Waals surface area contributed by atoms with Crippen LogP contribution < -0.4 is 10.1 Å². The van der Waals surface area contributed by atoms with E-state index >= 15 is 0 Å². The van der Waals surface area contributed by atoms with Crippen molar-refractivity contribution in [2.45, 2.75) is 39.5 Å². The van der Waals surface area contributed by atoms with E-state index in [1.807, 2.05) is 12.1 Å². The third kappa shape index (κ3) is 3.98. The fourth-order valence-corrected chi connectivity index (χ4v) is 2.39. The van der Waals surface area contributed by atoms with E-state index in [0.29, 0.717) is 12.5 Å². The number of hydrogen-bond acceptors (Lipinski definition) is 2. The van der Waals surface area contributed by atoms with E-state index in [-0.39, 0.29) is 12.5 Å². The van der Waals surface area contributed by atoms with E-state index in [2.05, 4.69) is 25.2 Å². The van der Waals surface area contributed by atoms with Crippen molar-refractivity contribution in [3.8, 4) is 5.75 Å². The first kappa shape index (κ1) is 13.9. The first-order valence-corrected chi connectivity index (χ1v) is 7.17. The van der Waals surface area contributed by atoms with Crippen molar-refractivity contribution in [2.75, 3.05) is 13.2 Å². The van der Waals surface area contributed by atoms with Crippen LogP contribution in [0.3, 0.4) is 0 Å². The number of nitrogens with one attached hydrogen (secondary N) is 1. The molecule has 1 aliphatic rings. The molecule has 1 aromatic rings. The highest BCUT2D eigenvalue weighted by molar-refractivity contribution is 5.77. The van der Waals surface area contributed by atoms with Crippen LogP contribution in [0.5, 0.6) is 5.75 Å². The molecule has 0 radical (unpaired) electrons. The Morgan fingerprint density at radius 3 is 2.89 bits per heavy atom. The van der Waals surface area contributed by atoms with Crippen molar-refractivity contribution >= 4 is 5.91 Å². The minimum Gasteiger partial charge on any atom is -0.483 e. The molecule has 1 aromatic carbocycles. The van der Waals surface area contributed by atoms with Gasteiger partial charge in [-0.1, -0.05) is 26.0 Å². The van der Waals surface area contributed by atoms with Crippen LogP contribution in [-0.4, -0.2) is 19.1 Å². The van der Waals surface area contributed by atoms with Gasteiger partial charge in [-0.15, -0.1) is 0 Å². The second-order valence-corrected chi connectivity index (χ2v) is 5.59. The Morgan fingerprint density at radius 1 is 1.32 bits per heavy atom. The van der Waals surface area contributed by atoms with Crippen LogP contribution in [-0.2, 0) is 17.6 Å². The van der Waals surface area contributed by atoms with E-state index in [1.165, 1.54) is 24.0 Å². The zero-order chi connectivity index (χ0) is 13.7. The normalized spacial score (nSPS) is 14.1. The Kier molecular flexibility index (Phi) is 4.83. The second-order valence-electron chi connectivity index (χ2n) is 5.59. The van der Waals surface area contributed by atoms with Gasteiger partial charge in [0, 0.05) is 6.54 Å². The third-order valence-electron chi connectivity index (χ3n) is 3.42. The molecule has 1 N–H and O–H groups in total. The molecule has 0 atom stereocenters. The largest absolute Gasteiger partial charge is 0.483 e.